The smallest absolute Gasteiger partial charge is 0.276 e. The van der Waals surface area contributed by atoms with Crippen molar-refractivity contribution < 1.29 is 13.2 Å². The summed E-state index contributed by atoms with van der Waals surface area (Å²) < 4.78 is 25.5. The molecule has 4 rings (SSSR count). The normalized spacial score (nSPS) is 21.0. The van der Waals surface area contributed by atoms with Crippen LogP contribution in [0.15, 0.2) is 30.3 Å². The predicted octanol–water partition coefficient (Wildman–Crippen LogP) is 3.72. The Morgan fingerprint density at radius 1 is 1.21 bits per heavy atom. The Kier molecular flexibility index (Phi) is 5.27. The van der Waals surface area contributed by atoms with Crippen LogP contribution in [0.5, 0.6) is 0 Å². The summed E-state index contributed by atoms with van der Waals surface area (Å²) >= 11 is 0. The Labute approximate surface area is 166 Å². The second-order valence-electron chi connectivity index (χ2n) is 7.98. The predicted molar refractivity (Wildman–Crippen MR) is 110 cm³/mol. The average Bonchev–Trinajstić information content (AvgIpc) is 3.31. The van der Waals surface area contributed by atoms with Gasteiger partial charge in [-0.2, -0.15) is 5.10 Å². The van der Waals surface area contributed by atoms with E-state index in [4.69, 9.17) is 0 Å². The van der Waals surface area contributed by atoms with E-state index in [0.29, 0.717) is 18.0 Å². The molecule has 2 aromatic rings. The van der Waals surface area contributed by atoms with Gasteiger partial charge in [0.1, 0.15) is 0 Å². The van der Waals surface area contributed by atoms with Crippen molar-refractivity contribution in [3.63, 3.8) is 0 Å². The minimum Gasteiger partial charge on any atom is -0.321 e. The van der Waals surface area contributed by atoms with E-state index in [0.717, 1.165) is 43.5 Å². The standard InChI is InChI=1S/C21H27N3O3S/c1-2-3-4-15-5-9-17(10-6-15)22-21(25)19-13-20(16-7-8-16)24(23-19)18-11-12-28(26,27)14-18/h5-6,9-10,13,16,18H,2-4,7-8,11-12,14H2,1H3,(H,22,25). The minimum atomic E-state index is -3.00. The van der Waals surface area contributed by atoms with Gasteiger partial charge in [0.2, 0.25) is 0 Å². The fraction of sp³-hybridized carbons (Fsp3) is 0.524. The highest BCUT2D eigenvalue weighted by Gasteiger charge is 2.36. The summed E-state index contributed by atoms with van der Waals surface area (Å²) in [6.07, 6.45) is 6.09. The van der Waals surface area contributed by atoms with E-state index in [9.17, 15) is 13.2 Å². The van der Waals surface area contributed by atoms with Crippen molar-refractivity contribution in [1.29, 1.82) is 0 Å². The second-order valence-corrected chi connectivity index (χ2v) is 10.2. The van der Waals surface area contributed by atoms with Crippen molar-refractivity contribution in [3.05, 3.63) is 47.3 Å². The Hall–Kier alpha value is -2.15. The first-order chi connectivity index (χ1) is 13.4. The van der Waals surface area contributed by atoms with Crippen LogP contribution in [0.3, 0.4) is 0 Å². The lowest BCUT2D eigenvalue weighted by Crippen LogP contribution is -2.17. The molecule has 1 amide bonds. The summed E-state index contributed by atoms with van der Waals surface area (Å²) in [5.74, 6) is 0.473. The van der Waals surface area contributed by atoms with E-state index in [1.54, 1.807) is 0 Å². The molecule has 1 aromatic heterocycles. The number of aromatic nitrogens is 2. The molecule has 2 aliphatic rings. The van der Waals surface area contributed by atoms with Gasteiger partial charge in [-0.3, -0.25) is 9.48 Å². The molecular formula is C21H27N3O3S. The molecule has 0 spiro atoms. The second kappa shape index (κ2) is 7.70. The van der Waals surface area contributed by atoms with Gasteiger partial charge in [0, 0.05) is 17.3 Å². The van der Waals surface area contributed by atoms with Crippen LogP contribution < -0.4 is 5.32 Å². The van der Waals surface area contributed by atoms with Gasteiger partial charge in [0.25, 0.3) is 5.91 Å². The topological polar surface area (TPSA) is 81.1 Å². The van der Waals surface area contributed by atoms with Crippen molar-refractivity contribution in [3.8, 4) is 0 Å². The number of carbonyl (C=O) groups is 1. The number of aryl methyl sites for hydroxylation is 1. The summed E-state index contributed by atoms with van der Waals surface area (Å²) in [6, 6.07) is 9.62. The zero-order valence-electron chi connectivity index (χ0n) is 16.2. The van der Waals surface area contributed by atoms with Crippen molar-refractivity contribution in [2.45, 2.75) is 57.4 Å². The molecule has 150 valence electrons. The van der Waals surface area contributed by atoms with Gasteiger partial charge in [-0.1, -0.05) is 25.5 Å². The molecule has 1 aliphatic heterocycles. The van der Waals surface area contributed by atoms with Crippen LogP contribution in [0.25, 0.3) is 0 Å². The quantitative estimate of drug-likeness (QED) is 0.767. The highest BCUT2D eigenvalue weighted by atomic mass is 32.2. The number of amides is 1. The number of rotatable bonds is 7. The molecular weight excluding hydrogens is 374 g/mol. The van der Waals surface area contributed by atoms with E-state index in [1.807, 2.05) is 35.0 Å². The molecule has 1 atom stereocenters. The largest absolute Gasteiger partial charge is 0.321 e. The van der Waals surface area contributed by atoms with E-state index in [2.05, 4.69) is 17.3 Å². The van der Waals surface area contributed by atoms with Gasteiger partial charge in [0.15, 0.2) is 15.5 Å². The lowest BCUT2D eigenvalue weighted by atomic mass is 10.1. The van der Waals surface area contributed by atoms with E-state index < -0.39 is 9.84 Å². The zero-order chi connectivity index (χ0) is 19.7. The molecule has 1 N–H and O–H groups in total. The maximum absolute atomic E-state index is 12.7. The summed E-state index contributed by atoms with van der Waals surface area (Å²) in [7, 11) is -3.00. The van der Waals surface area contributed by atoms with Crippen LogP contribution in [-0.2, 0) is 16.3 Å². The highest BCUT2D eigenvalue weighted by molar-refractivity contribution is 7.91. The number of hydrogen-bond acceptors (Lipinski definition) is 4. The third-order valence-electron chi connectivity index (χ3n) is 5.58. The lowest BCUT2D eigenvalue weighted by molar-refractivity contribution is 0.102. The molecule has 1 aromatic carbocycles. The molecule has 1 aliphatic carbocycles. The van der Waals surface area contributed by atoms with Crippen LogP contribution in [0, 0.1) is 0 Å². The van der Waals surface area contributed by atoms with E-state index in [-0.39, 0.29) is 23.5 Å². The average molecular weight is 402 g/mol. The van der Waals surface area contributed by atoms with Crippen LogP contribution in [0.4, 0.5) is 5.69 Å². The van der Waals surface area contributed by atoms with Gasteiger partial charge < -0.3 is 5.32 Å². The molecule has 28 heavy (non-hydrogen) atoms. The van der Waals surface area contributed by atoms with Crippen LogP contribution >= 0.6 is 0 Å². The number of nitrogens with one attached hydrogen (secondary N) is 1. The Balaban J connectivity index is 1.49. The molecule has 0 radical (unpaired) electrons. The van der Waals surface area contributed by atoms with Crippen molar-refractivity contribution in [1.82, 2.24) is 9.78 Å². The van der Waals surface area contributed by atoms with Crippen molar-refractivity contribution >= 4 is 21.4 Å². The van der Waals surface area contributed by atoms with Gasteiger partial charge >= 0.3 is 0 Å². The van der Waals surface area contributed by atoms with Gasteiger partial charge in [-0.25, -0.2) is 8.42 Å². The molecule has 2 fully saturated rings. The number of carbonyl (C=O) groups excluding carboxylic acids is 1. The third-order valence-corrected chi connectivity index (χ3v) is 7.33. The minimum absolute atomic E-state index is 0.120. The fourth-order valence-electron chi connectivity index (χ4n) is 3.80. The maximum atomic E-state index is 12.7. The van der Waals surface area contributed by atoms with Gasteiger partial charge in [0.05, 0.1) is 17.5 Å². The lowest BCUT2D eigenvalue weighted by Gasteiger charge is -2.12. The maximum Gasteiger partial charge on any atom is 0.276 e. The summed E-state index contributed by atoms with van der Waals surface area (Å²) in [5.41, 5.74) is 3.38. The molecule has 7 heteroatoms. The molecule has 1 saturated carbocycles. The number of anilines is 1. The van der Waals surface area contributed by atoms with Crippen molar-refractivity contribution in [2.24, 2.45) is 0 Å². The zero-order valence-corrected chi connectivity index (χ0v) is 17.0. The first-order valence-electron chi connectivity index (χ1n) is 10.2. The van der Waals surface area contributed by atoms with Gasteiger partial charge in [-0.15, -0.1) is 0 Å². The fourth-order valence-corrected chi connectivity index (χ4v) is 5.49. The summed E-state index contributed by atoms with van der Waals surface area (Å²) in [6.45, 7) is 2.17. The molecule has 1 unspecified atom stereocenters. The SMILES string of the molecule is CCCCc1ccc(NC(=O)c2cc(C3CC3)n(C3CCS(=O)(=O)C3)n2)cc1. The van der Waals surface area contributed by atoms with E-state index >= 15 is 0 Å². The number of sulfone groups is 1. The Bertz CT molecular complexity index is 959. The van der Waals surface area contributed by atoms with Crippen LogP contribution in [0.2, 0.25) is 0 Å². The first-order valence-corrected chi connectivity index (χ1v) is 12.0. The number of hydrogen-bond donors (Lipinski definition) is 1. The Morgan fingerprint density at radius 2 is 1.96 bits per heavy atom. The van der Waals surface area contributed by atoms with Crippen LogP contribution in [0.1, 0.15) is 72.7 Å². The summed E-state index contributed by atoms with van der Waals surface area (Å²) in [4.78, 5) is 12.7. The first kappa shape index (κ1) is 19.2. The molecule has 1 saturated heterocycles. The summed E-state index contributed by atoms with van der Waals surface area (Å²) in [5, 5.41) is 7.43. The van der Waals surface area contributed by atoms with Gasteiger partial charge in [-0.05, 0) is 55.9 Å². The van der Waals surface area contributed by atoms with Crippen LogP contribution in [-0.4, -0.2) is 35.6 Å². The van der Waals surface area contributed by atoms with E-state index in [1.165, 1.54) is 5.56 Å². The number of nitrogens with zero attached hydrogens (tertiary/aromatic N) is 2. The third kappa shape index (κ3) is 4.29. The molecule has 2 heterocycles. The highest BCUT2D eigenvalue weighted by Crippen LogP contribution is 2.42. The monoisotopic (exact) mass is 401 g/mol. The number of benzene rings is 1. The Morgan fingerprint density at radius 3 is 2.57 bits per heavy atom. The van der Waals surface area contributed by atoms with Crippen molar-refractivity contribution in [2.75, 3.05) is 16.8 Å². The molecule has 0 bridgehead atoms. The number of unbranched alkanes of at least 4 members (excludes halogenated alkanes) is 1. The molecule has 6 nitrogen and oxygen atoms in total.